The first kappa shape index (κ1) is 14.5. The zero-order valence-corrected chi connectivity index (χ0v) is 11.7. The summed E-state index contributed by atoms with van der Waals surface area (Å²) >= 11 is 0. The van der Waals surface area contributed by atoms with Gasteiger partial charge in [-0.15, -0.1) is 0 Å². The molecule has 1 aliphatic carbocycles. The van der Waals surface area contributed by atoms with Crippen molar-refractivity contribution < 1.29 is 9.90 Å². The number of carboxylic acids is 1. The molecule has 1 fully saturated rings. The van der Waals surface area contributed by atoms with E-state index in [4.69, 9.17) is 5.11 Å². The predicted molar refractivity (Wildman–Crippen MR) is 70.1 cm³/mol. The van der Waals surface area contributed by atoms with E-state index < -0.39 is 5.97 Å². The molecule has 0 saturated heterocycles. The number of nitrogens with zero attached hydrogens (tertiary/aromatic N) is 1. The van der Waals surface area contributed by atoms with Crippen molar-refractivity contribution in [3.8, 4) is 0 Å². The van der Waals surface area contributed by atoms with Crippen molar-refractivity contribution in [2.75, 3.05) is 13.1 Å². The second-order valence-corrected chi connectivity index (χ2v) is 6.24. The fourth-order valence-electron chi connectivity index (χ4n) is 2.94. The van der Waals surface area contributed by atoms with Crippen LogP contribution >= 0.6 is 0 Å². The highest BCUT2D eigenvalue weighted by molar-refractivity contribution is 5.69. The van der Waals surface area contributed by atoms with E-state index in [9.17, 15) is 4.79 Å². The van der Waals surface area contributed by atoms with E-state index >= 15 is 0 Å². The molecule has 1 rings (SSSR count). The van der Waals surface area contributed by atoms with Crippen molar-refractivity contribution in [3.63, 3.8) is 0 Å². The van der Waals surface area contributed by atoms with Crippen LogP contribution in [0.2, 0.25) is 0 Å². The molecule has 0 aromatic carbocycles. The van der Waals surface area contributed by atoms with Gasteiger partial charge < -0.3 is 5.11 Å². The molecule has 0 heterocycles. The molecule has 0 radical (unpaired) electrons. The van der Waals surface area contributed by atoms with Crippen LogP contribution in [0, 0.1) is 11.3 Å². The number of carbonyl (C=O) groups is 1. The van der Waals surface area contributed by atoms with E-state index in [2.05, 4.69) is 25.7 Å². The van der Waals surface area contributed by atoms with Crippen LogP contribution in [0.25, 0.3) is 0 Å². The van der Waals surface area contributed by atoms with Gasteiger partial charge in [-0.25, -0.2) is 0 Å². The van der Waals surface area contributed by atoms with Crippen LogP contribution in [-0.4, -0.2) is 35.1 Å². The minimum absolute atomic E-state index is 0.264. The predicted octanol–water partition coefficient (Wildman–Crippen LogP) is 3.00. The second-order valence-electron chi connectivity index (χ2n) is 6.24. The normalized spacial score (nSPS) is 25.8. The Labute approximate surface area is 105 Å². The number of rotatable bonds is 5. The molecule has 1 saturated carbocycles. The van der Waals surface area contributed by atoms with Crippen molar-refractivity contribution in [2.45, 2.75) is 59.4 Å². The molecule has 1 aliphatic rings. The summed E-state index contributed by atoms with van der Waals surface area (Å²) < 4.78 is 0. The van der Waals surface area contributed by atoms with Crippen LogP contribution in [0.4, 0.5) is 0 Å². The number of hydrogen-bond acceptors (Lipinski definition) is 2. The van der Waals surface area contributed by atoms with E-state index in [1.54, 1.807) is 6.92 Å². The van der Waals surface area contributed by atoms with Crippen molar-refractivity contribution in [2.24, 2.45) is 11.3 Å². The molecule has 17 heavy (non-hydrogen) atoms. The van der Waals surface area contributed by atoms with Crippen LogP contribution in [0.5, 0.6) is 0 Å². The highest BCUT2D eigenvalue weighted by Gasteiger charge is 2.31. The molecule has 3 heteroatoms. The lowest BCUT2D eigenvalue weighted by atomic mass is 9.74. The van der Waals surface area contributed by atoms with E-state index in [1.165, 1.54) is 25.7 Å². The molecule has 0 aromatic heterocycles. The lowest BCUT2D eigenvalue weighted by Gasteiger charge is -2.41. The maximum atomic E-state index is 10.9. The minimum Gasteiger partial charge on any atom is -0.481 e. The fraction of sp³-hybridized carbons (Fsp3) is 0.929. The molecular formula is C14H27NO2. The number of aliphatic carboxylic acids is 1. The third-order valence-corrected chi connectivity index (χ3v) is 4.03. The Morgan fingerprint density at radius 2 is 2.18 bits per heavy atom. The maximum Gasteiger partial charge on any atom is 0.307 e. The first-order valence-electron chi connectivity index (χ1n) is 6.82. The van der Waals surface area contributed by atoms with E-state index in [0.29, 0.717) is 18.0 Å². The van der Waals surface area contributed by atoms with Gasteiger partial charge in [0.2, 0.25) is 0 Å². The fourth-order valence-corrected chi connectivity index (χ4v) is 2.94. The molecule has 0 bridgehead atoms. The van der Waals surface area contributed by atoms with E-state index in [-0.39, 0.29) is 5.92 Å². The lowest BCUT2D eigenvalue weighted by molar-refractivity contribution is -0.142. The molecular weight excluding hydrogens is 214 g/mol. The van der Waals surface area contributed by atoms with Gasteiger partial charge in [-0.2, -0.15) is 0 Å². The van der Waals surface area contributed by atoms with Gasteiger partial charge in [0.05, 0.1) is 5.92 Å². The van der Waals surface area contributed by atoms with Gasteiger partial charge in [-0.3, -0.25) is 9.69 Å². The summed E-state index contributed by atoms with van der Waals surface area (Å²) in [5.74, 6) is -0.946. The Morgan fingerprint density at radius 3 is 2.65 bits per heavy atom. The van der Waals surface area contributed by atoms with Crippen molar-refractivity contribution in [1.29, 1.82) is 0 Å². The molecule has 0 amide bonds. The zero-order chi connectivity index (χ0) is 13.1. The first-order valence-corrected chi connectivity index (χ1v) is 6.82. The molecule has 2 atom stereocenters. The Morgan fingerprint density at radius 1 is 1.53 bits per heavy atom. The molecule has 2 unspecified atom stereocenters. The second kappa shape index (κ2) is 5.85. The Balaban J connectivity index is 2.58. The van der Waals surface area contributed by atoms with E-state index in [0.717, 1.165) is 6.54 Å². The van der Waals surface area contributed by atoms with Gasteiger partial charge in [-0.1, -0.05) is 34.1 Å². The summed E-state index contributed by atoms with van der Waals surface area (Å²) in [6.07, 6.45) is 5.00. The molecule has 100 valence electrons. The van der Waals surface area contributed by atoms with Gasteiger partial charge in [0.1, 0.15) is 0 Å². The first-order chi connectivity index (χ1) is 7.85. The van der Waals surface area contributed by atoms with Crippen LogP contribution < -0.4 is 0 Å². The molecule has 0 spiro atoms. The summed E-state index contributed by atoms with van der Waals surface area (Å²) in [4.78, 5) is 13.3. The largest absolute Gasteiger partial charge is 0.481 e. The molecule has 0 aliphatic heterocycles. The quantitative estimate of drug-likeness (QED) is 0.804. The van der Waals surface area contributed by atoms with Crippen LogP contribution in [0.1, 0.15) is 53.4 Å². The standard InChI is InChI=1S/C14H27NO2/c1-5-15(10-11(2)13(16)17)12-7-6-8-14(3,4)9-12/h11-12H,5-10H2,1-4H3,(H,16,17). The summed E-state index contributed by atoms with van der Waals surface area (Å²) in [6.45, 7) is 10.2. The van der Waals surface area contributed by atoms with Crippen LogP contribution in [0.15, 0.2) is 0 Å². The molecule has 0 aromatic rings. The average molecular weight is 241 g/mol. The van der Waals surface area contributed by atoms with E-state index in [1.807, 2.05) is 0 Å². The van der Waals surface area contributed by atoms with Gasteiger partial charge >= 0.3 is 5.97 Å². The van der Waals surface area contributed by atoms with Gasteiger partial charge in [0.15, 0.2) is 0 Å². The smallest absolute Gasteiger partial charge is 0.307 e. The van der Waals surface area contributed by atoms with Gasteiger partial charge in [-0.05, 0) is 31.2 Å². The van der Waals surface area contributed by atoms with Gasteiger partial charge in [0, 0.05) is 12.6 Å². The SMILES string of the molecule is CCN(CC(C)C(=O)O)C1CCCC(C)(C)C1. The topological polar surface area (TPSA) is 40.5 Å². The Bertz CT molecular complexity index is 263. The van der Waals surface area contributed by atoms with Crippen molar-refractivity contribution in [1.82, 2.24) is 4.90 Å². The monoisotopic (exact) mass is 241 g/mol. The number of carboxylic acid groups (broad SMARTS) is 1. The van der Waals surface area contributed by atoms with Crippen LogP contribution in [0.3, 0.4) is 0 Å². The summed E-state index contributed by atoms with van der Waals surface area (Å²) in [5, 5.41) is 9.00. The highest BCUT2D eigenvalue weighted by Crippen LogP contribution is 2.37. The van der Waals surface area contributed by atoms with Gasteiger partial charge in [0.25, 0.3) is 0 Å². The molecule has 1 N–H and O–H groups in total. The average Bonchev–Trinajstić information content (AvgIpc) is 2.23. The summed E-state index contributed by atoms with van der Waals surface area (Å²) in [5.41, 5.74) is 0.419. The third-order valence-electron chi connectivity index (χ3n) is 4.03. The number of hydrogen-bond donors (Lipinski definition) is 1. The minimum atomic E-state index is -0.682. The van der Waals surface area contributed by atoms with Crippen molar-refractivity contribution >= 4 is 5.97 Å². The molecule has 3 nitrogen and oxygen atoms in total. The van der Waals surface area contributed by atoms with Crippen molar-refractivity contribution in [3.05, 3.63) is 0 Å². The lowest BCUT2D eigenvalue weighted by Crippen LogP contribution is -2.44. The zero-order valence-electron chi connectivity index (χ0n) is 11.7. The third kappa shape index (κ3) is 4.30. The summed E-state index contributed by atoms with van der Waals surface area (Å²) in [7, 11) is 0. The highest BCUT2D eigenvalue weighted by atomic mass is 16.4. The summed E-state index contributed by atoms with van der Waals surface area (Å²) in [6, 6.07) is 0.575. The Hall–Kier alpha value is -0.570. The van der Waals surface area contributed by atoms with Crippen LogP contribution in [-0.2, 0) is 4.79 Å². The Kier molecular flexibility index (Phi) is 4.99. The maximum absolute atomic E-state index is 10.9.